The summed E-state index contributed by atoms with van der Waals surface area (Å²) in [4.78, 5) is 17.4. The summed E-state index contributed by atoms with van der Waals surface area (Å²) in [5, 5.41) is 4.59. The standard InChI is InChI=1S/C29H26ClN5O4S/c1-20-8-15-27-32-21(2)28(35(27)17-20)29(36)33-31-16-24-13-14-25(39-24)19-34(18-22-9-11-23(30)12-10-22)40(37,38)26-6-4-3-5-7-26/h3-17H,18-19H2,1-2H3,(H,33,36)/b31-16+. The number of imidazole rings is 1. The van der Waals surface area contributed by atoms with Crippen molar-refractivity contribution in [3.05, 3.63) is 124 Å². The van der Waals surface area contributed by atoms with Gasteiger partial charge in [0.1, 0.15) is 22.9 Å². The molecule has 0 bridgehead atoms. The second kappa shape index (κ2) is 11.5. The van der Waals surface area contributed by atoms with Gasteiger partial charge >= 0.3 is 0 Å². The van der Waals surface area contributed by atoms with Crippen LogP contribution in [0, 0.1) is 13.8 Å². The summed E-state index contributed by atoms with van der Waals surface area (Å²) in [5.41, 5.74) is 5.92. The Balaban J connectivity index is 1.32. The summed E-state index contributed by atoms with van der Waals surface area (Å²) < 4.78 is 35.9. The highest BCUT2D eigenvalue weighted by Gasteiger charge is 2.26. The number of furan rings is 1. The van der Waals surface area contributed by atoms with Crippen molar-refractivity contribution >= 4 is 39.4 Å². The lowest BCUT2D eigenvalue weighted by atomic mass is 10.2. The lowest BCUT2D eigenvalue weighted by Crippen LogP contribution is -2.30. The van der Waals surface area contributed by atoms with Crippen LogP contribution in [-0.4, -0.2) is 34.2 Å². The van der Waals surface area contributed by atoms with Gasteiger partial charge in [0, 0.05) is 17.8 Å². The molecule has 1 amide bonds. The number of aryl methyl sites for hydroxylation is 2. The predicted molar refractivity (Wildman–Crippen MR) is 153 cm³/mol. The number of halogens is 1. The molecule has 9 nitrogen and oxygen atoms in total. The molecular formula is C29H26ClN5O4S. The number of rotatable bonds is 9. The Morgan fingerprint density at radius 3 is 2.52 bits per heavy atom. The quantitative estimate of drug-likeness (QED) is 0.188. The number of carbonyl (C=O) groups is 1. The van der Waals surface area contributed by atoms with Crippen LogP contribution in [-0.2, 0) is 23.1 Å². The van der Waals surface area contributed by atoms with Crippen molar-refractivity contribution in [2.75, 3.05) is 0 Å². The minimum atomic E-state index is -3.84. The van der Waals surface area contributed by atoms with Crippen LogP contribution < -0.4 is 5.43 Å². The maximum absolute atomic E-state index is 13.5. The van der Waals surface area contributed by atoms with E-state index in [0.717, 1.165) is 11.1 Å². The second-order valence-corrected chi connectivity index (χ2v) is 11.6. The molecule has 0 aliphatic rings. The van der Waals surface area contributed by atoms with Crippen molar-refractivity contribution in [1.29, 1.82) is 0 Å². The fourth-order valence-corrected chi connectivity index (χ4v) is 5.77. The van der Waals surface area contributed by atoms with Crippen LogP contribution >= 0.6 is 11.6 Å². The third-order valence-electron chi connectivity index (χ3n) is 6.18. The number of nitrogens with zero attached hydrogens (tertiary/aromatic N) is 4. The molecule has 0 radical (unpaired) electrons. The molecule has 3 aromatic heterocycles. The number of nitrogens with one attached hydrogen (secondary N) is 1. The number of hydrazone groups is 1. The first-order valence-electron chi connectivity index (χ1n) is 12.4. The summed E-state index contributed by atoms with van der Waals surface area (Å²) >= 11 is 6.01. The lowest BCUT2D eigenvalue weighted by molar-refractivity contribution is 0.0948. The Kier molecular flexibility index (Phi) is 7.83. The average molecular weight is 576 g/mol. The van der Waals surface area contributed by atoms with Crippen molar-refractivity contribution in [3.8, 4) is 0 Å². The number of benzene rings is 2. The first-order valence-corrected chi connectivity index (χ1v) is 14.2. The molecule has 11 heteroatoms. The smallest absolute Gasteiger partial charge is 0.290 e. The van der Waals surface area contributed by atoms with E-state index in [-0.39, 0.29) is 18.0 Å². The monoisotopic (exact) mass is 575 g/mol. The summed E-state index contributed by atoms with van der Waals surface area (Å²) in [6, 6.07) is 22.3. The molecule has 0 aliphatic carbocycles. The van der Waals surface area contributed by atoms with Gasteiger partial charge in [-0.15, -0.1) is 0 Å². The van der Waals surface area contributed by atoms with Crippen molar-refractivity contribution in [2.45, 2.75) is 31.8 Å². The topological polar surface area (TPSA) is 109 Å². The van der Waals surface area contributed by atoms with Crippen LogP contribution in [0.5, 0.6) is 0 Å². The summed E-state index contributed by atoms with van der Waals surface area (Å²) in [6.07, 6.45) is 3.20. The zero-order valence-corrected chi connectivity index (χ0v) is 23.4. The van der Waals surface area contributed by atoms with Gasteiger partial charge in [-0.25, -0.2) is 18.8 Å². The number of hydrogen-bond donors (Lipinski definition) is 1. The molecule has 5 rings (SSSR count). The van der Waals surface area contributed by atoms with Crippen LogP contribution in [0.2, 0.25) is 5.02 Å². The molecule has 2 aromatic carbocycles. The van der Waals surface area contributed by atoms with E-state index in [1.807, 2.05) is 25.3 Å². The number of aromatic nitrogens is 2. The molecule has 0 spiro atoms. The second-order valence-electron chi connectivity index (χ2n) is 9.20. The van der Waals surface area contributed by atoms with Crippen molar-refractivity contribution in [2.24, 2.45) is 5.10 Å². The third kappa shape index (κ3) is 5.99. The van der Waals surface area contributed by atoms with Crippen molar-refractivity contribution in [1.82, 2.24) is 19.1 Å². The number of fused-ring (bicyclic) bond motifs is 1. The van der Waals surface area contributed by atoms with Crippen LogP contribution in [0.3, 0.4) is 0 Å². The molecule has 0 aliphatic heterocycles. The number of sulfonamides is 1. The number of hydrogen-bond acceptors (Lipinski definition) is 6. The van der Waals surface area contributed by atoms with E-state index in [1.165, 1.54) is 10.5 Å². The first-order chi connectivity index (χ1) is 19.2. The summed E-state index contributed by atoms with van der Waals surface area (Å²) in [6.45, 7) is 3.80. The highest BCUT2D eigenvalue weighted by atomic mass is 35.5. The van der Waals surface area contributed by atoms with Crippen LogP contribution in [0.15, 0.2) is 99.5 Å². The first kappa shape index (κ1) is 27.3. The Labute approximate surface area is 236 Å². The number of carbonyl (C=O) groups excluding carboxylic acids is 1. The molecule has 40 heavy (non-hydrogen) atoms. The maximum Gasteiger partial charge on any atom is 0.290 e. The van der Waals surface area contributed by atoms with Gasteiger partial charge in [0.15, 0.2) is 0 Å². The van der Waals surface area contributed by atoms with E-state index in [1.54, 1.807) is 78.1 Å². The van der Waals surface area contributed by atoms with Crippen molar-refractivity contribution in [3.63, 3.8) is 0 Å². The van der Waals surface area contributed by atoms with E-state index in [4.69, 9.17) is 16.0 Å². The largest absolute Gasteiger partial charge is 0.459 e. The van der Waals surface area contributed by atoms with Crippen LogP contribution in [0.4, 0.5) is 0 Å². The van der Waals surface area contributed by atoms with E-state index < -0.39 is 15.9 Å². The van der Waals surface area contributed by atoms with E-state index >= 15 is 0 Å². The average Bonchev–Trinajstić information content (AvgIpc) is 3.52. The SMILES string of the molecule is Cc1ccc2nc(C)c(C(=O)N/N=C/c3ccc(CN(Cc4ccc(Cl)cc4)S(=O)(=O)c4ccccc4)o3)n2c1. The molecule has 1 N–H and O–H groups in total. The molecule has 0 unspecified atom stereocenters. The van der Waals surface area contributed by atoms with E-state index in [2.05, 4.69) is 15.5 Å². The maximum atomic E-state index is 13.5. The predicted octanol–water partition coefficient (Wildman–Crippen LogP) is 5.35. The van der Waals surface area contributed by atoms with Gasteiger partial charge in [0.25, 0.3) is 5.91 Å². The molecule has 0 fully saturated rings. The van der Waals surface area contributed by atoms with Crippen LogP contribution in [0.1, 0.15) is 38.8 Å². The molecular weight excluding hydrogens is 550 g/mol. The third-order valence-corrected chi connectivity index (χ3v) is 8.24. The Morgan fingerprint density at radius 2 is 1.77 bits per heavy atom. The Bertz CT molecular complexity index is 1800. The number of pyridine rings is 1. The lowest BCUT2D eigenvalue weighted by Gasteiger charge is -2.21. The normalized spacial score (nSPS) is 12.0. The molecule has 3 heterocycles. The van der Waals surface area contributed by atoms with E-state index in [9.17, 15) is 13.2 Å². The Hall–Kier alpha value is -4.25. The fourth-order valence-electron chi connectivity index (χ4n) is 4.23. The zero-order valence-electron chi connectivity index (χ0n) is 21.8. The van der Waals surface area contributed by atoms with Crippen LogP contribution in [0.25, 0.3) is 5.65 Å². The van der Waals surface area contributed by atoms with Gasteiger partial charge in [-0.2, -0.15) is 9.41 Å². The minimum absolute atomic E-state index is 0.0135. The van der Waals surface area contributed by atoms with Gasteiger partial charge in [-0.3, -0.25) is 9.20 Å². The number of amides is 1. The van der Waals surface area contributed by atoms with Gasteiger partial charge in [-0.05, 0) is 67.4 Å². The Morgan fingerprint density at radius 1 is 1.02 bits per heavy atom. The highest BCUT2D eigenvalue weighted by Crippen LogP contribution is 2.23. The van der Waals surface area contributed by atoms with Crippen molar-refractivity contribution < 1.29 is 17.6 Å². The van der Waals surface area contributed by atoms with Gasteiger partial charge < -0.3 is 4.42 Å². The van der Waals surface area contributed by atoms with Gasteiger partial charge in [0.2, 0.25) is 10.0 Å². The van der Waals surface area contributed by atoms with Gasteiger partial charge in [-0.1, -0.05) is 48.0 Å². The van der Waals surface area contributed by atoms with Gasteiger partial charge in [0.05, 0.1) is 23.3 Å². The fraction of sp³-hybridized carbons (Fsp3) is 0.138. The molecule has 0 saturated carbocycles. The summed E-state index contributed by atoms with van der Waals surface area (Å²) in [5.74, 6) is 0.348. The summed E-state index contributed by atoms with van der Waals surface area (Å²) in [7, 11) is -3.84. The molecule has 204 valence electrons. The molecule has 0 atom stereocenters. The zero-order chi connectivity index (χ0) is 28.3. The molecule has 0 saturated heterocycles. The highest BCUT2D eigenvalue weighted by molar-refractivity contribution is 7.89. The van der Waals surface area contributed by atoms with E-state index in [0.29, 0.717) is 33.6 Å². The minimum Gasteiger partial charge on any atom is -0.459 e. The molecule has 5 aromatic rings.